The van der Waals surface area contributed by atoms with Gasteiger partial charge in [-0.15, -0.1) is 0 Å². The normalized spacial score (nSPS) is 10.7. The Labute approximate surface area is 159 Å². The van der Waals surface area contributed by atoms with Crippen LogP contribution in [0.3, 0.4) is 0 Å². The fraction of sp³-hybridized carbons (Fsp3) is 0.300. The van der Waals surface area contributed by atoms with Crippen molar-refractivity contribution in [2.24, 2.45) is 5.10 Å². The van der Waals surface area contributed by atoms with Crippen molar-refractivity contribution < 1.29 is 19.4 Å². The number of para-hydroxylation sites is 1. The van der Waals surface area contributed by atoms with Crippen LogP contribution >= 0.6 is 0 Å². The van der Waals surface area contributed by atoms with E-state index in [4.69, 9.17) is 9.47 Å². The van der Waals surface area contributed by atoms with Crippen LogP contribution in [0.1, 0.15) is 17.5 Å². The maximum atomic E-state index is 11.7. The molecule has 27 heavy (non-hydrogen) atoms. The zero-order valence-corrected chi connectivity index (χ0v) is 15.6. The fourth-order valence-electron chi connectivity index (χ4n) is 2.42. The molecule has 0 aromatic heterocycles. The first-order valence-corrected chi connectivity index (χ1v) is 8.65. The molecule has 0 saturated heterocycles. The van der Waals surface area contributed by atoms with Crippen LogP contribution in [0, 0.1) is 0 Å². The lowest BCUT2D eigenvalue weighted by Gasteiger charge is -2.10. The highest BCUT2D eigenvalue weighted by Gasteiger charge is 2.04. The Morgan fingerprint density at radius 2 is 1.89 bits per heavy atom. The van der Waals surface area contributed by atoms with E-state index in [0.717, 1.165) is 18.5 Å². The number of methoxy groups -OCH3 is 2. The van der Waals surface area contributed by atoms with Crippen molar-refractivity contribution in [2.45, 2.75) is 12.8 Å². The van der Waals surface area contributed by atoms with Gasteiger partial charge in [-0.1, -0.05) is 18.2 Å². The van der Waals surface area contributed by atoms with E-state index in [2.05, 4.69) is 15.8 Å². The summed E-state index contributed by atoms with van der Waals surface area (Å²) in [6.45, 7) is 1.29. The molecule has 0 heterocycles. The summed E-state index contributed by atoms with van der Waals surface area (Å²) < 4.78 is 10.5. The molecule has 0 aliphatic rings. The predicted octanol–water partition coefficient (Wildman–Crippen LogP) is 2.08. The summed E-state index contributed by atoms with van der Waals surface area (Å²) >= 11 is 0. The number of hydrogen-bond donors (Lipinski definition) is 3. The number of rotatable bonds is 10. The van der Waals surface area contributed by atoms with Crippen LogP contribution in [-0.2, 0) is 11.2 Å². The van der Waals surface area contributed by atoms with Crippen LogP contribution in [0.15, 0.2) is 47.6 Å². The maximum absolute atomic E-state index is 11.7. The number of aromatic hydroxyl groups is 1. The molecule has 0 bridgehead atoms. The molecule has 7 heteroatoms. The summed E-state index contributed by atoms with van der Waals surface area (Å²) in [6, 6.07) is 12.6. The minimum Gasteiger partial charge on any atom is -0.507 e. The summed E-state index contributed by atoms with van der Waals surface area (Å²) in [7, 11) is 3.22. The minimum atomic E-state index is -0.194. The second-order valence-corrected chi connectivity index (χ2v) is 5.79. The average molecular weight is 371 g/mol. The molecule has 3 N–H and O–H groups in total. The van der Waals surface area contributed by atoms with Crippen molar-refractivity contribution in [1.29, 1.82) is 0 Å². The lowest BCUT2D eigenvalue weighted by molar-refractivity contribution is -0.120. The van der Waals surface area contributed by atoms with E-state index in [0.29, 0.717) is 30.0 Å². The first-order valence-electron chi connectivity index (χ1n) is 8.65. The number of benzene rings is 2. The van der Waals surface area contributed by atoms with E-state index >= 15 is 0 Å². The molecular formula is C20H25N3O4. The molecule has 0 spiro atoms. The second kappa shape index (κ2) is 10.8. The molecule has 0 fully saturated rings. The molecule has 1 amide bonds. The van der Waals surface area contributed by atoms with Gasteiger partial charge < -0.3 is 19.9 Å². The van der Waals surface area contributed by atoms with Gasteiger partial charge >= 0.3 is 0 Å². The number of ether oxygens (including phenoxy) is 2. The second-order valence-electron chi connectivity index (χ2n) is 5.79. The SMILES string of the molecule is COc1ccc(CCNCCC(=O)N/N=C\c2ccccc2O)cc1OC. The number of amides is 1. The van der Waals surface area contributed by atoms with Crippen molar-refractivity contribution in [3.63, 3.8) is 0 Å². The van der Waals surface area contributed by atoms with Gasteiger partial charge in [0.25, 0.3) is 0 Å². The van der Waals surface area contributed by atoms with Crippen LogP contribution in [-0.4, -0.2) is 44.5 Å². The van der Waals surface area contributed by atoms with Gasteiger partial charge in [-0.05, 0) is 42.8 Å². The smallest absolute Gasteiger partial charge is 0.241 e. The minimum absolute atomic E-state index is 0.118. The average Bonchev–Trinajstić information content (AvgIpc) is 2.69. The number of carbonyl (C=O) groups is 1. The molecule has 0 unspecified atom stereocenters. The lowest BCUT2D eigenvalue weighted by Crippen LogP contribution is -2.25. The quantitative estimate of drug-likeness (QED) is 0.338. The Kier molecular flexibility index (Phi) is 8.12. The fourth-order valence-corrected chi connectivity index (χ4v) is 2.42. The van der Waals surface area contributed by atoms with Gasteiger partial charge in [0.15, 0.2) is 11.5 Å². The van der Waals surface area contributed by atoms with Gasteiger partial charge in [0, 0.05) is 18.5 Å². The van der Waals surface area contributed by atoms with E-state index in [9.17, 15) is 9.90 Å². The summed E-state index contributed by atoms with van der Waals surface area (Å²) in [5.41, 5.74) is 4.11. The largest absolute Gasteiger partial charge is 0.507 e. The Morgan fingerprint density at radius 3 is 2.63 bits per heavy atom. The van der Waals surface area contributed by atoms with Crippen LogP contribution in [0.5, 0.6) is 17.2 Å². The molecule has 0 atom stereocenters. The Morgan fingerprint density at radius 1 is 1.11 bits per heavy atom. The van der Waals surface area contributed by atoms with Crippen LogP contribution in [0.2, 0.25) is 0 Å². The molecule has 144 valence electrons. The van der Waals surface area contributed by atoms with Crippen molar-refractivity contribution in [3.05, 3.63) is 53.6 Å². The van der Waals surface area contributed by atoms with E-state index in [1.54, 1.807) is 38.5 Å². The summed E-state index contributed by atoms with van der Waals surface area (Å²) in [5, 5.41) is 16.7. The van der Waals surface area contributed by atoms with Crippen LogP contribution in [0.25, 0.3) is 0 Å². The van der Waals surface area contributed by atoms with E-state index in [1.807, 2.05) is 18.2 Å². The predicted molar refractivity (Wildman–Crippen MR) is 105 cm³/mol. The third-order valence-electron chi connectivity index (χ3n) is 3.90. The molecule has 0 aliphatic heterocycles. The summed E-state index contributed by atoms with van der Waals surface area (Å²) in [5.74, 6) is 1.33. The molecule has 0 saturated carbocycles. The van der Waals surface area contributed by atoms with Gasteiger partial charge in [0.2, 0.25) is 5.91 Å². The zero-order valence-electron chi connectivity index (χ0n) is 15.6. The van der Waals surface area contributed by atoms with Crippen molar-refractivity contribution in [3.8, 4) is 17.2 Å². The number of hydrogen-bond acceptors (Lipinski definition) is 6. The van der Waals surface area contributed by atoms with Crippen LogP contribution in [0.4, 0.5) is 0 Å². The Hall–Kier alpha value is -3.06. The van der Waals surface area contributed by atoms with Gasteiger partial charge in [-0.25, -0.2) is 5.43 Å². The first-order chi connectivity index (χ1) is 13.1. The van der Waals surface area contributed by atoms with Crippen molar-refractivity contribution in [1.82, 2.24) is 10.7 Å². The van der Waals surface area contributed by atoms with Gasteiger partial charge in [-0.2, -0.15) is 5.10 Å². The number of nitrogens with zero attached hydrogens (tertiary/aromatic N) is 1. The molecular weight excluding hydrogens is 346 g/mol. The monoisotopic (exact) mass is 371 g/mol. The molecule has 0 radical (unpaired) electrons. The van der Waals surface area contributed by atoms with Crippen molar-refractivity contribution >= 4 is 12.1 Å². The first kappa shape index (κ1) is 20.3. The lowest BCUT2D eigenvalue weighted by atomic mass is 10.1. The van der Waals surface area contributed by atoms with Crippen molar-refractivity contribution in [2.75, 3.05) is 27.3 Å². The molecule has 0 aliphatic carbocycles. The Bertz CT molecular complexity index is 778. The zero-order chi connectivity index (χ0) is 19.5. The molecule has 7 nitrogen and oxygen atoms in total. The number of nitrogens with one attached hydrogen (secondary N) is 2. The van der Waals surface area contributed by atoms with Gasteiger partial charge in [-0.3, -0.25) is 4.79 Å². The summed E-state index contributed by atoms with van der Waals surface area (Å²) in [4.78, 5) is 11.7. The van der Waals surface area contributed by atoms with E-state index < -0.39 is 0 Å². The standard InChI is InChI=1S/C20H25N3O4/c1-26-18-8-7-15(13-19(18)27-2)9-11-21-12-10-20(25)23-22-14-16-5-3-4-6-17(16)24/h3-8,13-14,21,24H,9-12H2,1-2H3,(H,23,25)/b22-14-. The number of phenolic OH excluding ortho intramolecular Hbond substituents is 1. The highest BCUT2D eigenvalue weighted by Crippen LogP contribution is 2.27. The third-order valence-corrected chi connectivity index (χ3v) is 3.90. The molecule has 2 aromatic rings. The highest BCUT2D eigenvalue weighted by molar-refractivity contribution is 5.85. The van der Waals surface area contributed by atoms with E-state index in [-0.39, 0.29) is 11.7 Å². The number of phenols is 1. The molecule has 2 rings (SSSR count). The topological polar surface area (TPSA) is 92.2 Å². The Balaban J connectivity index is 1.65. The van der Waals surface area contributed by atoms with Crippen LogP contribution < -0.4 is 20.2 Å². The maximum Gasteiger partial charge on any atom is 0.241 e. The highest BCUT2D eigenvalue weighted by atomic mass is 16.5. The molecule has 2 aromatic carbocycles. The van der Waals surface area contributed by atoms with E-state index in [1.165, 1.54) is 6.21 Å². The van der Waals surface area contributed by atoms with Gasteiger partial charge in [0.1, 0.15) is 5.75 Å². The van der Waals surface area contributed by atoms with Gasteiger partial charge in [0.05, 0.1) is 20.4 Å². The third kappa shape index (κ3) is 6.63. The number of hydrazone groups is 1. The number of carbonyl (C=O) groups excluding carboxylic acids is 1. The summed E-state index contributed by atoms with van der Waals surface area (Å²) in [6.07, 6.45) is 2.54.